The van der Waals surface area contributed by atoms with Crippen LogP contribution in [0.1, 0.15) is 43.0 Å². The first-order valence-corrected chi connectivity index (χ1v) is 9.50. The van der Waals surface area contributed by atoms with E-state index in [0.29, 0.717) is 11.5 Å². The van der Waals surface area contributed by atoms with E-state index in [1.54, 1.807) is 0 Å². The molecule has 1 fully saturated rings. The maximum Gasteiger partial charge on any atom is 0.252 e. The fraction of sp³-hybridized carbons (Fsp3) is 0.533. The van der Waals surface area contributed by atoms with Crippen molar-refractivity contribution in [1.82, 2.24) is 5.32 Å². The van der Waals surface area contributed by atoms with Crippen LogP contribution in [0.3, 0.4) is 0 Å². The molecular formula is C15H18Br3NO. The molecule has 0 bridgehead atoms. The van der Waals surface area contributed by atoms with Gasteiger partial charge in [-0.25, -0.2) is 0 Å². The van der Waals surface area contributed by atoms with E-state index >= 15 is 0 Å². The molecule has 110 valence electrons. The average molecular weight is 468 g/mol. The minimum absolute atomic E-state index is 0.00192. The first-order valence-electron chi connectivity index (χ1n) is 6.79. The molecule has 1 aromatic carbocycles. The number of hydrogen-bond donors (Lipinski definition) is 1. The molecule has 2 atom stereocenters. The van der Waals surface area contributed by atoms with Crippen LogP contribution in [0.5, 0.6) is 0 Å². The molecule has 0 aromatic heterocycles. The van der Waals surface area contributed by atoms with Crippen LogP contribution in [0.25, 0.3) is 0 Å². The molecule has 0 heterocycles. The predicted octanol–water partition coefficient (Wildman–Crippen LogP) is 5.29. The molecule has 0 saturated heterocycles. The van der Waals surface area contributed by atoms with Gasteiger partial charge >= 0.3 is 0 Å². The van der Waals surface area contributed by atoms with Crippen LogP contribution in [-0.4, -0.2) is 16.8 Å². The molecule has 20 heavy (non-hydrogen) atoms. The monoisotopic (exact) mass is 465 g/mol. The first-order chi connectivity index (χ1) is 9.46. The maximum absolute atomic E-state index is 12.5. The highest BCUT2D eigenvalue weighted by Gasteiger charge is 2.35. The lowest BCUT2D eigenvalue weighted by molar-refractivity contribution is 0.0868. The molecule has 0 spiro atoms. The van der Waals surface area contributed by atoms with Gasteiger partial charge in [0.1, 0.15) is 0 Å². The van der Waals surface area contributed by atoms with Crippen molar-refractivity contribution in [3.63, 3.8) is 0 Å². The van der Waals surface area contributed by atoms with Gasteiger partial charge in [-0.1, -0.05) is 51.6 Å². The summed E-state index contributed by atoms with van der Waals surface area (Å²) >= 11 is 10.5. The Morgan fingerprint density at radius 3 is 2.80 bits per heavy atom. The third-order valence-electron chi connectivity index (χ3n) is 3.90. The molecule has 2 unspecified atom stereocenters. The van der Waals surface area contributed by atoms with Crippen molar-refractivity contribution in [3.8, 4) is 0 Å². The Balaban J connectivity index is 2.16. The summed E-state index contributed by atoms with van der Waals surface area (Å²) in [6.45, 7) is 2.26. The summed E-state index contributed by atoms with van der Waals surface area (Å²) in [6, 6.07) is 5.64. The normalized spacial score (nSPS) is 26.3. The summed E-state index contributed by atoms with van der Waals surface area (Å²) in [6.07, 6.45) is 4.52. The number of amides is 1. The summed E-state index contributed by atoms with van der Waals surface area (Å²) < 4.78 is 1.78. The number of hydrogen-bond acceptors (Lipinski definition) is 1. The van der Waals surface area contributed by atoms with Gasteiger partial charge in [-0.3, -0.25) is 4.79 Å². The molecule has 1 aliphatic rings. The number of rotatable bonds is 3. The highest BCUT2D eigenvalue weighted by atomic mass is 79.9. The fourth-order valence-corrected chi connectivity index (χ4v) is 4.79. The second-order valence-electron chi connectivity index (χ2n) is 5.69. The van der Waals surface area contributed by atoms with Gasteiger partial charge in [-0.15, -0.1) is 0 Å². The van der Waals surface area contributed by atoms with E-state index in [4.69, 9.17) is 0 Å². The van der Waals surface area contributed by atoms with Gasteiger partial charge in [0.05, 0.1) is 11.1 Å². The Kier molecular flexibility index (Phi) is 5.71. The largest absolute Gasteiger partial charge is 0.346 e. The molecule has 1 N–H and O–H groups in total. The van der Waals surface area contributed by atoms with Gasteiger partial charge < -0.3 is 5.32 Å². The summed E-state index contributed by atoms with van der Waals surface area (Å²) in [5.74, 6) is 0.660. The van der Waals surface area contributed by atoms with Gasteiger partial charge in [-0.05, 0) is 52.9 Å². The van der Waals surface area contributed by atoms with Crippen molar-refractivity contribution in [2.24, 2.45) is 5.92 Å². The summed E-state index contributed by atoms with van der Waals surface area (Å²) in [5.41, 5.74) is 0.577. The second-order valence-corrected chi connectivity index (χ2v) is 8.02. The quantitative estimate of drug-likeness (QED) is 0.601. The standard InChI is InChI=1S/C15H18Br3NO/c1-10-3-2-6-15(8-10,9-16)19-14(20)12-5-4-11(17)7-13(12)18/h4-5,7,10H,2-3,6,8-9H2,1H3,(H,19,20). The Morgan fingerprint density at radius 1 is 1.45 bits per heavy atom. The van der Waals surface area contributed by atoms with E-state index in [-0.39, 0.29) is 11.4 Å². The van der Waals surface area contributed by atoms with Crippen molar-refractivity contribution >= 4 is 53.7 Å². The SMILES string of the molecule is CC1CCCC(CBr)(NC(=O)c2ccc(Br)cc2Br)C1. The molecule has 2 rings (SSSR count). The lowest BCUT2D eigenvalue weighted by Gasteiger charge is -2.39. The molecule has 0 radical (unpaired) electrons. The first kappa shape index (κ1) is 16.5. The highest BCUT2D eigenvalue weighted by molar-refractivity contribution is 9.11. The number of benzene rings is 1. The number of carbonyl (C=O) groups is 1. The van der Waals surface area contributed by atoms with Crippen LogP contribution in [0.4, 0.5) is 0 Å². The Hall–Kier alpha value is 0.130. The van der Waals surface area contributed by atoms with Crippen LogP contribution in [0, 0.1) is 5.92 Å². The van der Waals surface area contributed by atoms with E-state index in [9.17, 15) is 4.79 Å². The number of nitrogens with one attached hydrogen (secondary N) is 1. The minimum atomic E-state index is -0.110. The minimum Gasteiger partial charge on any atom is -0.346 e. The number of halogens is 3. The summed E-state index contributed by atoms with van der Waals surface area (Å²) in [4.78, 5) is 12.5. The zero-order valence-electron chi connectivity index (χ0n) is 11.4. The molecule has 0 aliphatic heterocycles. The smallest absolute Gasteiger partial charge is 0.252 e. The van der Waals surface area contributed by atoms with Crippen molar-refractivity contribution in [1.29, 1.82) is 0 Å². The third-order valence-corrected chi connectivity index (χ3v) is 6.12. The molecule has 1 saturated carbocycles. The van der Waals surface area contributed by atoms with Crippen molar-refractivity contribution < 1.29 is 4.79 Å². The zero-order valence-corrected chi connectivity index (χ0v) is 16.1. The molecule has 5 heteroatoms. The van der Waals surface area contributed by atoms with Crippen LogP contribution in [-0.2, 0) is 0 Å². The van der Waals surface area contributed by atoms with Gasteiger partial charge in [0.2, 0.25) is 0 Å². The van der Waals surface area contributed by atoms with Crippen LogP contribution in [0.15, 0.2) is 27.1 Å². The zero-order chi connectivity index (χ0) is 14.8. The lowest BCUT2D eigenvalue weighted by Crippen LogP contribution is -2.52. The van der Waals surface area contributed by atoms with Crippen LogP contribution >= 0.6 is 47.8 Å². The second kappa shape index (κ2) is 6.93. The summed E-state index contributed by atoms with van der Waals surface area (Å²) in [5, 5.41) is 4.07. The Labute approximate surface area is 145 Å². The molecule has 1 aliphatic carbocycles. The third kappa shape index (κ3) is 3.86. The van der Waals surface area contributed by atoms with Crippen LogP contribution in [0.2, 0.25) is 0 Å². The van der Waals surface area contributed by atoms with E-state index in [2.05, 4.69) is 60.0 Å². The molecule has 1 aromatic rings. The van der Waals surface area contributed by atoms with E-state index in [1.807, 2.05) is 18.2 Å². The number of carbonyl (C=O) groups excluding carboxylic acids is 1. The topological polar surface area (TPSA) is 29.1 Å². The number of alkyl halides is 1. The van der Waals surface area contributed by atoms with Crippen molar-refractivity contribution in [2.75, 3.05) is 5.33 Å². The maximum atomic E-state index is 12.5. The van der Waals surface area contributed by atoms with E-state index in [0.717, 1.165) is 27.1 Å². The van der Waals surface area contributed by atoms with Crippen molar-refractivity contribution in [3.05, 3.63) is 32.7 Å². The molecule has 1 amide bonds. The average Bonchev–Trinajstić information content (AvgIpc) is 2.38. The van der Waals surface area contributed by atoms with Gasteiger partial charge in [0.15, 0.2) is 0 Å². The predicted molar refractivity (Wildman–Crippen MR) is 93.5 cm³/mol. The lowest BCUT2D eigenvalue weighted by atomic mass is 9.77. The van der Waals surface area contributed by atoms with Gasteiger partial charge in [-0.2, -0.15) is 0 Å². The van der Waals surface area contributed by atoms with Gasteiger partial charge in [0.25, 0.3) is 5.91 Å². The highest BCUT2D eigenvalue weighted by Crippen LogP contribution is 2.34. The van der Waals surface area contributed by atoms with E-state index in [1.165, 1.54) is 12.8 Å². The van der Waals surface area contributed by atoms with Crippen LogP contribution < -0.4 is 5.32 Å². The Bertz CT molecular complexity index is 506. The van der Waals surface area contributed by atoms with Crippen molar-refractivity contribution in [2.45, 2.75) is 38.1 Å². The molecular weight excluding hydrogens is 450 g/mol. The van der Waals surface area contributed by atoms with E-state index < -0.39 is 0 Å². The molecule has 2 nitrogen and oxygen atoms in total. The fourth-order valence-electron chi connectivity index (χ4n) is 2.91. The summed E-state index contributed by atoms with van der Waals surface area (Å²) in [7, 11) is 0. The van der Waals surface area contributed by atoms with Gasteiger partial charge in [0, 0.05) is 14.3 Å². The Morgan fingerprint density at radius 2 is 2.20 bits per heavy atom.